The first-order chi connectivity index (χ1) is 21.6. The highest BCUT2D eigenvalue weighted by molar-refractivity contribution is 6.01. The molecule has 3 aromatic carbocycles. The van der Waals surface area contributed by atoms with Gasteiger partial charge in [0.2, 0.25) is 11.8 Å². The molecule has 3 aromatic rings. The molecule has 4 aliphatic rings. The second kappa shape index (κ2) is 12.5. The Morgan fingerprint density at radius 1 is 0.778 bits per heavy atom. The van der Waals surface area contributed by atoms with Gasteiger partial charge in [0.1, 0.15) is 6.04 Å². The van der Waals surface area contributed by atoms with Crippen LogP contribution in [0.1, 0.15) is 99.7 Å². The van der Waals surface area contributed by atoms with Crippen molar-refractivity contribution in [3.63, 3.8) is 0 Å². The van der Waals surface area contributed by atoms with Crippen molar-refractivity contribution in [3.8, 4) is 11.1 Å². The largest absolute Gasteiger partial charge is 0.351 e. The zero-order valence-electron chi connectivity index (χ0n) is 27.0. The number of carbonyl (C=O) groups excluding carboxylic acids is 3. The smallest absolute Gasteiger partial charge is 0.251 e. The predicted octanol–water partition coefficient (Wildman–Crippen LogP) is 7.20. The van der Waals surface area contributed by atoms with Crippen LogP contribution in [0.3, 0.4) is 0 Å². The summed E-state index contributed by atoms with van der Waals surface area (Å²) in [5, 5.41) is 6.50. The maximum Gasteiger partial charge on any atom is 0.251 e. The molecule has 3 amide bonds. The van der Waals surface area contributed by atoms with E-state index in [0.717, 1.165) is 81.1 Å². The molecule has 2 bridgehead atoms. The fraction of sp³-hybridized carbons (Fsp3) is 0.462. The second-order valence-electron chi connectivity index (χ2n) is 14.7. The van der Waals surface area contributed by atoms with Gasteiger partial charge in [-0.2, -0.15) is 0 Å². The Balaban J connectivity index is 1.10. The number of hydrogen-bond acceptors (Lipinski definition) is 3. The lowest BCUT2D eigenvalue weighted by molar-refractivity contribution is -0.145. The van der Waals surface area contributed by atoms with Crippen LogP contribution in [0.2, 0.25) is 0 Å². The molecule has 7 rings (SSSR count). The quantitative estimate of drug-likeness (QED) is 0.285. The molecule has 6 nitrogen and oxygen atoms in total. The molecule has 6 heteroatoms. The van der Waals surface area contributed by atoms with Gasteiger partial charge in [-0.15, -0.1) is 0 Å². The lowest BCUT2D eigenvalue weighted by atomic mass is 9.53. The van der Waals surface area contributed by atoms with Crippen LogP contribution in [-0.2, 0) is 15.0 Å². The molecule has 3 saturated carbocycles. The summed E-state index contributed by atoms with van der Waals surface area (Å²) in [6.45, 7) is 8.73. The lowest BCUT2D eigenvalue weighted by Crippen LogP contribution is -2.54. The molecule has 1 aliphatic heterocycles. The Bertz CT molecular complexity index is 1510. The van der Waals surface area contributed by atoms with Gasteiger partial charge >= 0.3 is 0 Å². The summed E-state index contributed by atoms with van der Waals surface area (Å²) in [6, 6.07) is 25.4. The van der Waals surface area contributed by atoms with Crippen LogP contribution in [0, 0.1) is 10.8 Å². The van der Waals surface area contributed by atoms with Gasteiger partial charge in [-0.3, -0.25) is 14.4 Å². The van der Waals surface area contributed by atoms with Crippen LogP contribution in [0.15, 0.2) is 78.9 Å². The molecule has 236 valence electrons. The zero-order chi connectivity index (χ0) is 31.7. The van der Waals surface area contributed by atoms with Gasteiger partial charge in [0.25, 0.3) is 5.91 Å². The van der Waals surface area contributed by atoms with Crippen molar-refractivity contribution in [1.82, 2.24) is 15.5 Å². The number of nitrogens with zero attached hydrogens (tertiary/aromatic N) is 1. The van der Waals surface area contributed by atoms with E-state index in [2.05, 4.69) is 55.7 Å². The Kier molecular flexibility index (Phi) is 8.60. The normalized spacial score (nSPS) is 23.4. The van der Waals surface area contributed by atoms with Gasteiger partial charge in [0, 0.05) is 30.6 Å². The molecule has 4 fully saturated rings. The SMILES string of the molecule is CC(C)(C)c1ccc(-c2ccccc2C(=O)NCC23CCC(C(=O)N[C@H](C(=O)N4CCCC4)c4ccccc4)(CC2)CC3)cc1. The summed E-state index contributed by atoms with van der Waals surface area (Å²) in [6.07, 6.45) is 7.06. The van der Waals surface area contributed by atoms with E-state index in [0.29, 0.717) is 12.1 Å². The minimum atomic E-state index is -0.649. The maximum absolute atomic E-state index is 13.9. The van der Waals surface area contributed by atoms with Crippen LogP contribution >= 0.6 is 0 Å². The Morgan fingerprint density at radius 3 is 2.00 bits per heavy atom. The summed E-state index contributed by atoms with van der Waals surface area (Å²) in [5.41, 5.74) is 4.39. The Labute approximate surface area is 268 Å². The van der Waals surface area contributed by atoms with E-state index >= 15 is 0 Å². The van der Waals surface area contributed by atoms with Crippen LogP contribution in [0.25, 0.3) is 11.1 Å². The molecule has 1 heterocycles. The fourth-order valence-electron chi connectivity index (χ4n) is 7.65. The first-order valence-corrected chi connectivity index (χ1v) is 16.7. The molecule has 2 N–H and O–H groups in total. The van der Waals surface area contributed by atoms with Gasteiger partial charge in [-0.1, -0.05) is 93.6 Å². The van der Waals surface area contributed by atoms with Crippen molar-refractivity contribution in [3.05, 3.63) is 95.6 Å². The monoisotopic (exact) mass is 605 g/mol. The number of fused-ring (bicyclic) bond motifs is 3. The van der Waals surface area contributed by atoms with E-state index in [1.165, 1.54) is 5.56 Å². The van der Waals surface area contributed by atoms with Gasteiger partial charge in [-0.25, -0.2) is 0 Å². The van der Waals surface area contributed by atoms with E-state index < -0.39 is 11.5 Å². The lowest BCUT2D eigenvalue weighted by Gasteiger charge is -2.52. The van der Waals surface area contributed by atoms with Crippen LogP contribution in [0.5, 0.6) is 0 Å². The highest BCUT2D eigenvalue weighted by atomic mass is 16.2. The number of rotatable bonds is 8. The third-order valence-corrected chi connectivity index (χ3v) is 10.8. The van der Waals surface area contributed by atoms with Gasteiger partial charge in [0.05, 0.1) is 0 Å². The van der Waals surface area contributed by atoms with E-state index in [1.54, 1.807) is 0 Å². The van der Waals surface area contributed by atoms with Crippen LogP contribution in [0.4, 0.5) is 0 Å². The minimum Gasteiger partial charge on any atom is -0.351 e. The minimum absolute atomic E-state index is 0.00226. The van der Waals surface area contributed by atoms with E-state index in [9.17, 15) is 14.4 Å². The zero-order valence-corrected chi connectivity index (χ0v) is 27.0. The predicted molar refractivity (Wildman–Crippen MR) is 179 cm³/mol. The third-order valence-electron chi connectivity index (χ3n) is 10.8. The van der Waals surface area contributed by atoms with Crippen LogP contribution in [-0.4, -0.2) is 42.3 Å². The van der Waals surface area contributed by atoms with Gasteiger partial charge < -0.3 is 15.5 Å². The average Bonchev–Trinajstić information content (AvgIpc) is 3.62. The van der Waals surface area contributed by atoms with Crippen molar-refractivity contribution in [2.75, 3.05) is 19.6 Å². The first kappa shape index (κ1) is 31.1. The molecular weight excluding hydrogens is 558 g/mol. The summed E-state index contributed by atoms with van der Waals surface area (Å²) in [7, 11) is 0. The maximum atomic E-state index is 13.9. The number of carbonyl (C=O) groups is 3. The summed E-state index contributed by atoms with van der Waals surface area (Å²) in [5.74, 6) is -0.0450. The van der Waals surface area contributed by atoms with E-state index in [1.807, 2.05) is 59.5 Å². The van der Waals surface area contributed by atoms with Crippen LogP contribution < -0.4 is 10.6 Å². The third kappa shape index (κ3) is 6.43. The number of likely N-dealkylation sites (tertiary alicyclic amines) is 1. The van der Waals surface area contributed by atoms with Crippen molar-refractivity contribution >= 4 is 17.7 Å². The van der Waals surface area contributed by atoms with Gasteiger partial charge in [0.15, 0.2) is 0 Å². The molecular formula is C39H47N3O3. The summed E-state index contributed by atoms with van der Waals surface area (Å²) in [4.78, 5) is 42.9. The van der Waals surface area contributed by atoms with Crippen molar-refractivity contribution in [1.29, 1.82) is 0 Å². The Hall–Kier alpha value is -3.93. The van der Waals surface area contributed by atoms with Crippen molar-refractivity contribution < 1.29 is 14.4 Å². The standard InChI is InChI=1S/C39H47N3O3/c1-37(2,3)30-17-15-28(16-18-30)31-13-7-8-14-32(31)34(43)40-27-38-19-22-39(23-20-38,24-21-38)36(45)41-33(29-11-5-4-6-12-29)35(44)42-25-9-10-26-42/h4-8,11-18,33H,9-10,19-27H2,1-3H3,(H,40,43)(H,41,45)/t33-,38?,39?/m0/s1. The highest BCUT2D eigenvalue weighted by Crippen LogP contribution is 2.57. The first-order valence-electron chi connectivity index (χ1n) is 16.7. The summed E-state index contributed by atoms with van der Waals surface area (Å²) < 4.78 is 0. The second-order valence-corrected chi connectivity index (χ2v) is 14.7. The number of hydrogen-bond donors (Lipinski definition) is 2. The molecule has 1 atom stereocenters. The molecule has 0 spiro atoms. The van der Waals surface area contributed by atoms with Gasteiger partial charge in [-0.05, 0) is 90.5 Å². The number of benzene rings is 3. The number of amides is 3. The molecule has 0 unspecified atom stereocenters. The van der Waals surface area contributed by atoms with E-state index in [-0.39, 0.29) is 28.6 Å². The fourth-order valence-corrected chi connectivity index (χ4v) is 7.65. The molecule has 3 aliphatic carbocycles. The molecule has 0 radical (unpaired) electrons. The van der Waals surface area contributed by atoms with Crippen molar-refractivity contribution in [2.24, 2.45) is 10.8 Å². The number of nitrogens with one attached hydrogen (secondary N) is 2. The average molecular weight is 606 g/mol. The highest BCUT2D eigenvalue weighted by Gasteiger charge is 2.53. The van der Waals surface area contributed by atoms with E-state index in [4.69, 9.17) is 0 Å². The molecule has 45 heavy (non-hydrogen) atoms. The Morgan fingerprint density at radius 2 is 1.38 bits per heavy atom. The summed E-state index contributed by atoms with van der Waals surface area (Å²) >= 11 is 0. The topological polar surface area (TPSA) is 78.5 Å². The molecule has 1 saturated heterocycles. The molecule has 0 aromatic heterocycles. The van der Waals surface area contributed by atoms with Crippen molar-refractivity contribution in [2.45, 2.75) is 83.6 Å².